The molecule has 0 unspecified atom stereocenters. The van der Waals surface area contributed by atoms with E-state index in [1.807, 2.05) is 24.4 Å². The minimum absolute atomic E-state index is 0.0299. The topological polar surface area (TPSA) is 75.2 Å². The minimum Gasteiger partial charge on any atom is -0.356 e. The SMILES string of the molecule is Cc1csc(CCCNC(=O)[C@@H]2CC(=O)N(Cc3cccnc3)C2)n1. The Morgan fingerprint density at radius 1 is 1.48 bits per heavy atom. The van der Waals surface area contributed by atoms with E-state index in [-0.39, 0.29) is 24.2 Å². The van der Waals surface area contributed by atoms with Crippen molar-refractivity contribution >= 4 is 23.2 Å². The zero-order chi connectivity index (χ0) is 17.6. The Balaban J connectivity index is 1.41. The Hall–Kier alpha value is -2.28. The van der Waals surface area contributed by atoms with E-state index in [9.17, 15) is 9.59 Å². The van der Waals surface area contributed by atoms with Crippen LogP contribution in [0.4, 0.5) is 0 Å². The largest absolute Gasteiger partial charge is 0.356 e. The van der Waals surface area contributed by atoms with Gasteiger partial charge < -0.3 is 10.2 Å². The fraction of sp³-hybridized carbons (Fsp3) is 0.444. The molecule has 25 heavy (non-hydrogen) atoms. The Morgan fingerprint density at radius 3 is 3.08 bits per heavy atom. The van der Waals surface area contributed by atoms with Gasteiger partial charge in [-0.25, -0.2) is 4.98 Å². The van der Waals surface area contributed by atoms with Gasteiger partial charge in [0.05, 0.1) is 10.9 Å². The standard InChI is InChI=1S/C18H22N4O2S/c1-13-12-25-16(21-13)5-3-7-20-18(24)15-8-17(23)22(11-15)10-14-4-2-6-19-9-14/h2,4,6,9,12,15H,3,5,7-8,10-11H2,1H3,(H,20,24)/t15-/m1/s1. The van der Waals surface area contributed by atoms with Gasteiger partial charge in [0.25, 0.3) is 0 Å². The van der Waals surface area contributed by atoms with Crippen LogP contribution in [0.2, 0.25) is 0 Å². The molecule has 1 aliphatic heterocycles. The lowest BCUT2D eigenvalue weighted by molar-refractivity contribution is -0.129. The molecule has 2 aromatic heterocycles. The first-order valence-corrected chi connectivity index (χ1v) is 9.35. The van der Waals surface area contributed by atoms with E-state index in [0.29, 0.717) is 19.6 Å². The fourth-order valence-electron chi connectivity index (χ4n) is 2.93. The maximum absolute atomic E-state index is 12.3. The van der Waals surface area contributed by atoms with E-state index in [4.69, 9.17) is 0 Å². The van der Waals surface area contributed by atoms with E-state index in [0.717, 1.165) is 29.1 Å². The third kappa shape index (κ3) is 4.85. The highest BCUT2D eigenvalue weighted by Gasteiger charge is 2.33. The number of nitrogens with one attached hydrogen (secondary N) is 1. The molecule has 3 rings (SSSR count). The van der Waals surface area contributed by atoms with Crippen molar-refractivity contribution in [3.05, 3.63) is 46.2 Å². The first kappa shape index (κ1) is 17.5. The van der Waals surface area contributed by atoms with E-state index >= 15 is 0 Å². The van der Waals surface area contributed by atoms with Crippen LogP contribution in [0.3, 0.4) is 0 Å². The number of hydrogen-bond donors (Lipinski definition) is 1. The van der Waals surface area contributed by atoms with Gasteiger partial charge in [-0.1, -0.05) is 6.07 Å². The van der Waals surface area contributed by atoms with E-state index < -0.39 is 0 Å². The summed E-state index contributed by atoms with van der Waals surface area (Å²) >= 11 is 1.65. The minimum atomic E-state index is -0.258. The molecular weight excluding hydrogens is 336 g/mol. The molecule has 3 heterocycles. The summed E-state index contributed by atoms with van der Waals surface area (Å²) in [5.41, 5.74) is 2.03. The molecule has 1 fully saturated rings. The number of thiazole rings is 1. The van der Waals surface area contributed by atoms with Crippen molar-refractivity contribution in [1.29, 1.82) is 0 Å². The number of carbonyl (C=O) groups is 2. The average Bonchev–Trinajstić information content (AvgIpc) is 3.18. The summed E-state index contributed by atoms with van der Waals surface area (Å²) < 4.78 is 0. The third-order valence-corrected chi connectivity index (χ3v) is 5.24. The second-order valence-electron chi connectivity index (χ2n) is 6.31. The Labute approximate surface area is 151 Å². The van der Waals surface area contributed by atoms with Crippen molar-refractivity contribution in [1.82, 2.24) is 20.2 Å². The highest BCUT2D eigenvalue weighted by molar-refractivity contribution is 7.09. The monoisotopic (exact) mass is 358 g/mol. The molecule has 0 aliphatic carbocycles. The predicted octanol–water partition coefficient (Wildman–Crippen LogP) is 1.94. The van der Waals surface area contributed by atoms with E-state index in [2.05, 4.69) is 15.3 Å². The molecule has 2 amide bonds. The summed E-state index contributed by atoms with van der Waals surface area (Å²) in [5.74, 6) is -0.258. The number of amides is 2. The fourth-order valence-corrected chi connectivity index (χ4v) is 3.74. The normalized spacial score (nSPS) is 17.1. The summed E-state index contributed by atoms with van der Waals surface area (Å²) in [6.45, 7) is 3.59. The second-order valence-corrected chi connectivity index (χ2v) is 7.26. The average molecular weight is 358 g/mol. The Kier molecular flexibility index (Phi) is 5.75. The number of pyridine rings is 1. The maximum Gasteiger partial charge on any atom is 0.225 e. The molecule has 1 aliphatic rings. The third-order valence-electron chi connectivity index (χ3n) is 4.21. The van der Waals surface area contributed by atoms with Crippen LogP contribution in [0, 0.1) is 12.8 Å². The van der Waals surface area contributed by atoms with Crippen molar-refractivity contribution in [2.45, 2.75) is 32.7 Å². The van der Waals surface area contributed by atoms with Crippen molar-refractivity contribution in [2.24, 2.45) is 5.92 Å². The number of carbonyl (C=O) groups excluding carboxylic acids is 2. The van der Waals surface area contributed by atoms with Crippen LogP contribution < -0.4 is 5.32 Å². The quantitative estimate of drug-likeness (QED) is 0.768. The van der Waals surface area contributed by atoms with Crippen molar-refractivity contribution in [3.8, 4) is 0 Å². The first-order valence-electron chi connectivity index (χ1n) is 8.47. The van der Waals surface area contributed by atoms with Crippen LogP contribution in [0.5, 0.6) is 0 Å². The van der Waals surface area contributed by atoms with Gasteiger partial charge >= 0.3 is 0 Å². The molecule has 132 valence electrons. The van der Waals surface area contributed by atoms with Crippen LogP contribution in [0.25, 0.3) is 0 Å². The summed E-state index contributed by atoms with van der Waals surface area (Å²) in [6.07, 6.45) is 5.48. The smallest absolute Gasteiger partial charge is 0.225 e. The molecule has 0 aromatic carbocycles. The lowest BCUT2D eigenvalue weighted by atomic mass is 10.1. The number of likely N-dealkylation sites (tertiary alicyclic amines) is 1. The molecule has 0 bridgehead atoms. The highest BCUT2D eigenvalue weighted by atomic mass is 32.1. The molecule has 0 saturated carbocycles. The molecule has 1 N–H and O–H groups in total. The first-order chi connectivity index (χ1) is 12.1. The molecule has 0 spiro atoms. The van der Waals surface area contributed by atoms with Gasteiger partial charge in [0.1, 0.15) is 0 Å². The van der Waals surface area contributed by atoms with Gasteiger partial charge in [-0.05, 0) is 25.0 Å². The van der Waals surface area contributed by atoms with Crippen LogP contribution in [-0.2, 0) is 22.6 Å². The van der Waals surface area contributed by atoms with Crippen LogP contribution in [0.1, 0.15) is 29.1 Å². The van der Waals surface area contributed by atoms with Crippen molar-refractivity contribution in [3.63, 3.8) is 0 Å². The van der Waals surface area contributed by atoms with Gasteiger partial charge in [-0.2, -0.15) is 0 Å². The predicted molar refractivity (Wildman–Crippen MR) is 95.9 cm³/mol. The van der Waals surface area contributed by atoms with Crippen LogP contribution in [-0.4, -0.2) is 39.8 Å². The van der Waals surface area contributed by atoms with Crippen LogP contribution >= 0.6 is 11.3 Å². The van der Waals surface area contributed by atoms with Crippen LogP contribution in [0.15, 0.2) is 29.9 Å². The molecule has 0 radical (unpaired) electrons. The molecule has 2 aromatic rings. The van der Waals surface area contributed by atoms with Gasteiger partial charge in [-0.3, -0.25) is 14.6 Å². The number of nitrogens with zero attached hydrogens (tertiary/aromatic N) is 3. The molecule has 1 saturated heterocycles. The maximum atomic E-state index is 12.3. The molecule has 7 heteroatoms. The highest BCUT2D eigenvalue weighted by Crippen LogP contribution is 2.20. The number of aryl methyl sites for hydroxylation is 2. The summed E-state index contributed by atoms with van der Waals surface area (Å²) in [7, 11) is 0. The molecule has 1 atom stereocenters. The zero-order valence-electron chi connectivity index (χ0n) is 14.3. The van der Waals surface area contributed by atoms with E-state index in [1.165, 1.54) is 0 Å². The lowest BCUT2D eigenvalue weighted by Crippen LogP contribution is -2.33. The summed E-state index contributed by atoms with van der Waals surface area (Å²) in [6, 6.07) is 3.79. The molecular formula is C18H22N4O2S. The van der Waals surface area contributed by atoms with Gasteiger partial charge in [0.2, 0.25) is 11.8 Å². The number of aromatic nitrogens is 2. The second kappa shape index (κ2) is 8.20. The summed E-state index contributed by atoms with van der Waals surface area (Å²) in [4.78, 5) is 34.6. The van der Waals surface area contributed by atoms with Gasteiger partial charge in [-0.15, -0.1) is 11.3 Å². The van der Waals surface area contributed by atoms with Crippen molar-refractivity contribution in [2.75, 3.05) is 13.1 Å². The Morgan fingerprint density at radius 2 is 2.36 bits per heavy atom. The van der Waals surface area contributed by atoms with E-state index in [1.54, 1.807) is 28.6 Å². The lowest BCUT2D eigenvalue weighted by Gasteiger charge is -2.16. The Bertz CT molecular complexity index is 732. The summed E-state index contributed by atoms with van der Waals surface area (Å²) in [5, 5.41) is 6.09. The van der Waals surface area contributed by atoms with Gasteiger partial charge in [0.15, 0.2) is 0 Å². The molecule has 6 nitrogen and oxygen atoms in total. The number of rotatable bonds is 7. The zero-order valence-corrected chi connectivity index (χ0v) is 15.1. The van der Waals surface area contributed by atoms with Gasteiger partial charge in [0, 0.05) is 55.9 Å². The van der Waals surface area contributed by atoms with Crippen molar-refractivity contribution < 1.29 is 9.59 Å². The number of hydrogen-bond acceptors (Lipinski definition) is 5.